The molecule has 1 aromatic heterocycles. The molecule has 5 nitrogen and oxygen atoms in total. The van der Waals surface area contributed by atoms with Crippen molar-refractivity contribution in [3.8, 4) is 0 Å². The first-order chi connectivity index (χ1) is 11.4. The van der Waals surface area contributed by atoms with Crippen LogP contribution in [0.15, 0.2) is 42.6 Å². The Bertz CT molecular complexity index is 659. The minimum Gasteiger partial charge on any atom is -0.383 e. The second-order valence-corrected chi connectivity index (χ2v) is 6.63. The smallest absolute Gasteiger partial charge is 0.269 e. The van der Waals surface area contributed by atoms with Crippen molar-refractivity contribution < 1.29 is 9.53 Å². The molecule has 0 saturated carbocycles. The van der Waals surface area contributed by atoms with Crippen molar-refractivity contribution in [3.63, 3.8) is 0 Å². The maximum Gasteiger partial charge on any atom is 0.269 e. The van der Waals surface area contributed by atoms with Crippen LogP contribution < -0.4 is 10.6 Å². The Labute approximate surface area is 143 Å². The van der Waals surface area contributed by atoms with Crippen molar-refractivity contribution in [2.45, 2.75) is 26.2 Å². The average molecular weight is 327 g/mol. The van der Waals surface area contributed by atoms with Gasteiger partial charge in [0.05, 0.1) is 18.5 Å². The fourth-order valence-electron chi connectivity index (χ4n) is 2.18. The van der Waals surface area contributed by atoms with Gasteiger partial charge in [0, 0.05) is 19.3 Å². The van der Waals surface area contributed by atoms with Crippen molar-refractivity contribution in [1.82, 2.24) is 10.3 Å². The average Bonchev–Trinajstić information content (AvgIpc) is 2.55. The van der Waals surface area contributed by atoms with Gasteiger partial charge in [-0.1, -0.05) is 32.9 Å². The van der Waals surface area contributed by atoms with Crippen molar-refractivity contribution in [2.24, 2.45) is 0 Å². The molecule has 0 aliphatic heterocycles. The van der Waals surface area contributed by atoms with Gasteiger partial charge in [0.1, 0.15) is 5.69 Å². The molecule has 2 rings (SSSR count). The standard InChI is InChI=1S/C19H25N3O2/c1-19(2,3)14-5-7-15(8-6-14)22-16-9-10-17(21-13-16)18(23)20-11-12-24-4/h5-10,13,22H,11-12H2,1-4H3,(H,20,23). The van der Waals surface area contributed by atoms with E-state index in [2.05, 4.69) is 48.5 Å². The monoisotopic (exact) mass is 327 g/mol. The topological polar surface area (TPSA) is 63.2 Å². The Morgan fingerprint density at radius 1 is 1.08 bits per heavy atom. The third-order valence-corrected chi connectivity index (χ3v) is 3.63. The first-order valence-corrected chi connectivity index (χ1v) is 8.01. The number of rotatable bonds is 6. The first-order valence-electron chi connectivity index (χ1n) is 8.01. The molecular formula is C19H25N3O2. The Balaban J connectivity index is 1.97. The summed E-state index contributed by atoms with van der Waals surface area (Å²) < 4.78 is 4.90. The van der Waals surface area contributed by atoms with Gasteiger partial charge >= 0.3 is 0 Å². The first kappa shape index (κ1) is 17.9. The summed E-state index contributed by atoms with van der Waals surface area (Å²) in [7, 11) is 1.60. The molecule has 0 spiro atoms. The zero-order valence-corrected chi connectivity index (χ0v) is 14.7. The summed E-state index contributed by atoms with van der Waals surface area (Å²) in [4.78, 5) is 16.1. The second kappa shape index (κ2) is 7.93. The lowest BCUT2D eigenvalue weighted by Gasteiger charge is -2.19. The minimum absolute atomic E-state index is 0.137. The number of carbonyl (C=O) groups is 1. The van der Waals surface area contributed by atoms with Crippen LogP contribution in [0.2, 0.25) is 0 Å². The van der Waals surface area contributed by atoms with E-state index in [9.17, 15) is 4.79 Å². The number of amides is 1. The second-order valence-electron chi connectivity index (χ2n) is 6.63. The molecule has 0 fully saturated rings. The number of ether oxygens (including phenoxy) is 1. The highest BCUT2D eigenvalue weighted by Gasteiger charge is 2.12. The van der Waals surface area contributed by atoms with Crippen LogP contribution >= 0.6 is 0 Å². The molecular weight excluding hydrogens is 302 g/mol. The van der Waals surface area contributed by atoms with E-state index in [0.29, 0.717) is 18.8 Å². The van der Waals surface area contributed by atoms with Gasteiger partial charge in [-0.05, 0) is 35.2 Å². The molecule has 2 aromatic rings. The number of aromatic nitrogens is 1. The number of nitrogens with zero attached hydrogens (tertiary/aromatic N) is 1. The Kier molecular flexibility index (Phi) is 5.93. The van der Waals surface area contributed by atoms with Crippen LogP contribution in [-0.2, 0) is 10.2 Å². The molecule has 24 heavy (non-hydrogen) atoms. The predicted octanol–water partition coefficient (Wildman–Crippen LogP) is 3.50. The minimum atomic E-state index is -0.201. The van der Waals surface area contributed by atoms with E-state index in [1.54, 1.807) is 19.4 Å². The molecule has 0 saturated heterocycles. The number of pyridine rings is 1. The quantitative estimate of drug-likeness (QED) is 0.797. The highest BCUT2D eigenvalue weighted by atomic mass is 16.5. The summed E-state index contributed by atoms with van der Waals surface area (Å²) in [5, 5.41) is 6.03. The van der Waals surface area contributed by atoms with Crippen LogP contribution in [0.25, 0.3) is 0 Å². The summed E-state index contributed by atoms with van der Waals surface area (Å²) >= 11 is 0. The van der Waals surface area contributed by atoms with E-state index in [1.807, 2.05) is 18.2 Å². The molecule has 0 radical (unpaired) electrons. The Morgan fingerprint density at radius 2 is 1.75 bits per heavy atom. The van der Waals surface area contributed by atoms with Crippen LogP contribution in [0, 0.1) is 0 Å². The fraction of sp³-hybridized carbons (Fsp3) is 0.368. The third kappa shape index (κ3) is 5.06. The number of methoxy groups -OCH3 is 1. The summed E-state index contributed by atoms with van der Waals surface area (Å²) in [5.41, 5.74) is 3.64. The lowest BCUT2D eigenvalue weighted by Crippen LogP contribution is -2.27. The Hall–Kier alpha value is -2.40. The Morgan fingerprint density at radius 3 is 2.29 bits per heavy atom. The zero-order chi connectivity index (χ0) is 17.6. The summed E-state index contributed by atoms with van der Waals surface area (Å²) in [6.45, 7) is 7.52. The van der Waals surface area contributed by atoms with Crippen LogP contribution in [-0.4, -0.2) is 31.2 Å². The van der Waals surface area contributed by atoms with Crippen LogP contribution in [0.1, 0.15) is 36.8 Å². The fourth-order valence-corrected chi connectivity index (χ4v) is 2.18. The normalized spacial score (nSPS) is 11.2. The van der Waals surface area contributed by atoms with E-state index < -0.39 is 0 Å². The predicted molar refractivity (Wildman–Crippen MR) is 96.9 cm³/mol. The zero-order valence-electron chi connectivity index (χ0n) is 14.7. The third-order valence-electron chi connectivity index (χ3n) is 3.63. The van der Waals surface area contributed by atoms with Crippen molar-refractivity contribution in [3.05, 3.63) is 53.9 Å². The SMILES string of the molecule is COCCNC(=O)c1ccc(Nc2ccc(C(C)(C)C)cc2)cn1. The summed E-state index contributed by atoms with van der Waals surface area (Å²) in [5.74, 6) is -0.201. The maximum absolute atomic E-state index is 11.9. The molecule has 0 bridgehead atoms. The number of hydrogen-bond acceptors (Lipinski definition) is 4. The maximum atomic E-state index is 11.9. The van der Waals surface area contributed by atoms with Gasteiger partial charge in [0.2, 0.25) is 0 Å². The molecule has 0 unspecified atom stereocenters. The summed E-state index contributed by atoms with van der Waals surface area (Å²) in [6.07, 6.45) is 1.66. The number of benzene rings is 1. The highest BCUT2D eigenvalue weighted by Crippen LogP contribution is 2.24. The van der Waals surface area contributed by atoms with Crippen LogP contribution in [0.3, 0.4) is 0 Å². The molecule has 1 aromatic carbocycles. The molecule has 1 amide bonds. The van der Waals surface area contributed by atoms with Crippen molar-refractivity contribution >= 4 is 17.3 Å². The van der Waals surface area contributed by atoms with E-state index in [1.165, 1.54) is 5.56 Å². The lowest BCUT2D eigenvalue weighted by molar-refractivity contribution is 0.0932. The summed E-state index contributed by atoms with van der Waals surface area (Å²) in [6, 6.07) is 11.9. The van der Waals surface area contributed by atoms with E-state index in [-0.39, 0.29) is 11.3 Å². The number of anilines is 2. The molecule has 0 aliphatic carbocycles. The van der Waals surface area contributed by atoms with Crippen molar-refractivity contribution in [2.75, 3.05) is 25.6 Å². The van der Waals surface area contributed by atoms with E-state index in [4.69, 9.17) is 4.74 Å². The van der Waals surface area contributed by atoms with Gasteiger partial charge in [-0.25, -0.2) is 4.98 Å². The van der Waals surface area contributed by atoms with Gasteiger partial charge in [-0.3, -0.25) is 4.79 Å². The molecule has 5 heteroatoms. The molecule has 128 valence electrons. The molecule has 1 heterocycles. The van der Waals surface area contributed by atoms with Gasteiger partial charge < -0.3 is 15.4 Å². The van der Waals surface area contributed by atoms with Gasteiger partial charge in [-0.2, -0.15) is 0 Å². The van der Waals surface area contributed by atoms with Gasteiger partial charge in [0.25, 0.3) is 5.91 Å². The van der Waals surface area contributed by atoms with Crippen LogP contribution in [0.4, 0.5) is 11.4 Å². The van der Waals surface area contributed by atoms with Crippen LogP contribution in [0.5, 0.6) is 0 Å². The number of carbonyl (C=O) groups excluding carboxylic acids is 1. The molecule has 0 atom stereocenters. The number of nitrogens with one attached hydrogen (secondary N) is 2. The number of hydrogen-bond donors (Lipinski definition) is 2. The largest absolute Gasteiger partial charge is 0.383 e. The van der Waals surface area contributed by atoms with E-state index >= 15 is 0 Å². The molecule has 2 N–H and O–H groups in total. The lowest BCUT2D eigenvalue weighted by atomic mass is 9.87. The van der Waals surface area contributed by atoms with E-state index in [0.717, 1.165) is 11.4 Å². The molecule has 0 aliphatic rings. The van der Waals surface area contributed by atoms with Crippen molar-refractivity contribution in [1.29, 1.82) is 0 Å². The van der Waals surface area contributed by atoms with Gasteiger partial charge in [0.15, 0.2) is 0 Å². The van der Waals surface area contributed by atoms with Gasteiger partial charge in [-0.15, -0.1) is 0 Å². The highest BCUT2D eigenvalue weighted by molar-refractivity contribution is 5.92.